The molecule has 3 aromatic heterocycles. The van der Waals surface area contributed by atoms with Crippen LogP contribution in [0.3, 0.4) is 0 Å². The number of aromatic nitrogens is 4. The summed E-state index contributed by atoms with van der Waals surface area (Å²) >= 11 is 5.88. The van der Waals surface area contributed by atoms with Gasteiger partial charge in [0.1, 0.15) is 11.6 Å². The van der Waals surface area contributed by atoms with Gasteiger partial charge in [-0.25, -0.2) is 13.8 Å². The molecule has 6 nitrogen and oxygen atoms in total. The maximum atomic E-state index is 14.5. The molecule has 1 aliphatic heterocycles. The number of aromatic amines is 1. The average Bonchev–Trinajstić information content (AvgIpc) is 3.45. The number of pyridine rings is 2. The van der Waals surface area contributed by atoms with Crippen molar-refractivity contribution in [3.63, 3.8) is 0 Å². The number of benzene rings is 1. The zero-order chi connectivity index (χ0) is 22.4. The number of rotatable bonds is 4. The maximum Gasteiger partial charge on any atom is 0.144 e. The zero-order valence-corrected chi connectivity index (χ0v) is 18.4. The summed E-state index contributed by atoms with van der Waals surface area (Å²) < 4.78 is 28.1. The van der Waals surface area contributed by atoms with Crippen molar-refractivity contribution in [3.05, 3.63) is 59.4 Å². The van der Waals surface area contributed by atoms with Gasteiger partial charge in [-0.3, -0.25) is 10.1 Å². The van der Waals surface area contributed by atoms with Crippen LogP contribution in [0.1, 0.15) is 6.42 Å². The third-order valence-electron chi connectivity index (χ3n) is 5.98. The van der Waals surface area contributed by atoms with E-state index in [1.807, 2.05) is 24.4 Å². The fourth-order valence-corrected chi connectivity index (χ4v) is 4.28. The minimum absolute atomic E-state index is 0.129. The molecule has 0 bridgehead atoms. The predicted octanol–water partition coefficient (Wildman–Crippen LogP) is 4.76. The normalized spacial score (nSPS) is 16.4. The van der Waals surface area contributed by atoms with Crippen molar-refractivity contribution in [1.82, 2.24) is 25.1 Å². The average molecular weight is 455 g/mol. The van der Waals surface area contributed by atoms with Crippen LogP contribution in [0.5, 0.6) is 0 Å². The highest BCUT2D eigenvalue weighted by Crippen LogP contribution is 2.34. The van der Waals surface area contributed by atoms with E-state index in [1.54, 1.807) is 6.20 Å². The van der Waals surface area contributed by atoms with E-state index in [0.29, 0.717) is 23.0 Å². The van der Waals surface area contributed by atoms with E-state index in [9.17, 15) is 8.78 Å². The SMILES string of the molecule is CN(C)[C@H]1CCN(c2cnc3ccc(-c4cn[nH]c4-c4cc(Cl)c(F)cc4F)nc3c2)C1. The Morgan fingerprint density at radius 2 is 1.91 bits per heavy atom. The molecule has 0 amide bonds. The third-order valence-corrected chi connectivity index (χ3v) is 6.27. The summed E-state index contributed by atoms with van der Waals surface area (Å²) in [6, 6.07) is 8.24. The summed E-state index contributed by atoms with van der Waals surface area (Å²) in [6.07, 6.45) is 4.54. The van der Waals surface area contributed by atoms with Crippen molar-refractivity contribution >= 4 is 28.3 Å². The van der Waals surface area contributed by atoms with Crippen LogP contribution in [0.25, 0.3) is 33.5 Å². The summed E-state index contributed by atoms with van der Waals surface area (Å²) in [6.45, 7) is 1.91. The summed E-state index contributed by atoms with van der Waals surface area (Å²) in [7, 11) is 4.19. The molecule has 1 saturated heterocycles. The molecule has 164 valence electrons. The Kier molecular flexibility index (Phi) is 5.27. The predicted molar refractivity (Wildman–Crippen MR) is 122 cm³/mol. The third kappa shape index (κ3) is 3.69. The maximum absolute atomic E-state index is 14.5. The second-order valence-corrected chi connectivity index (χ2v) is 8.59. The van der Waals surface area contributed by atoms with Crippen molar-refractivity contribution in [3.8, 4) is 22.5 Å². The molecule has 5 rings (SSSR count). The summed E-state index contributed by atoms with van der Waals surface area (Å²) in [4.78, 5) is 13.9. The van der Waals surface area contributed by atoms with Crippen molar-refractivity contribution in [1.29, 1.82) is 0 Å². The van der Waals surface area contributed by atoms with Gasteiger partial charge in [-0.05, 0) is 44.8 Å². The van der Waals surface area contributed by atoms with Gasteiger partial charge in [-0.1, -0.05) is 11.6 Å². The Morgan fingerprint density at radius 1 is 1.06 bits per heavy atom. The first-order valence-corrected chi connectivity index (χ1v) is 10.7. The number of anilines is 1. The van der Waals surface area contributed by atoms with Crippen LogP contribution in [0.4, 0.5) is 14.5 Å². The van der Waals surface area contributed by atoms with Crippen LogP contribution in [-0.2, 0) is 0 Å². The molecule has 4 heterocycles. The topological polar surface area (TPSA) is 60.9 Å². The highest BCUT2D eigenvalue weighted by Gasteiger charge is 2.24. The molecule has 0 spiro atoms. The van der Waals surface area contributed by atoms with Gasteiger partial charge in [0.05, 0.1) is 45.5 Å². The van der Waals surface area contributed by atoms with Gasteiger partial charge in [0.15, 0.2) is 0 Å². The van der Waals surface area contributed by atoms with Gasteiger partial charge < -0.3 is 9.80 Å². The number of nitrogens with zero attached hydrogens (tertiary/aromatic N) is 5. The monoisotopic (exact) mass is 454 g/mol. The van der Waals surface area contributed by atoms with E-state index in [-0.39, 0.29) is 10.6 Å². The molecular weight excluding hydrogens is 434 g/mol. The molecule has 4 aromatic rings. The van der Waals surface area contributed by atoms with Crippen molar-refractivity contribution < 1.29 is 8.78 Å². The van der Waals surface area contributed by atoms with Gasteiger partial charge in [-0.2, -0.15) is 5.10 Å². The Hall–Kier alpha value is -3.10. The first-order valence-electron chi connectivity index (χ1n) is 10.3. The Bertz CT molecular complexity index is 1310. The van der Waals surface area contributed by atoms with Gasteiger partial charge >= 0.3 is 0 Å². The molecule has 32 heavy (non-hydrogen) atoms. The largest absolute Gasteiger partial charge is 0.369 e. The lowest BCUT2D eigenvalue weighted by atomic mass is 10.0. The standard InChI is InChI=1S/C23H21ClF2N6/c1-31(2)13-5-6-32(12-13)14-7-22-21(27-10-14)4-3-20(29-22)16-11-28-30-23(16)15-8-17(24)19(26)9-18(15)25/h3-4,7-11,13H,5-6,12H2,1-2H3,(H,28,30)/t13-/m0/s1. The van der Waals surface area contributed by atoms with Crippen LogP contribution in [-0.4, -0.2) is 58.3 Å². The molecule has 0 unspecified atom stereocenters. The summed E-state index contributed by atoms with van der Waals surface area (Å²) in [5.74, 6) is -1.54. The molecule has 1 aromatic carbocycles. The van der Waals surface area contributed by atoms with E-state index in [0.717, 1.165) is 42.3 Å². The van der Waals surface area contributed by atoms with E-state index < -0.39 is 11.6 Å². The second-order valence-electron chi connectivity index (χ2n) is 8.19. The van der Waals surface area contributed by atoms with Crippen molar-refractivity contribution in [2.45, 2.75) is 12.5 Å². The second kappa shape index (κ2) is 8.11. The van der Waals surface area contributed by atoms with E-state index in [4.69, 9.17) is 16.6 Å². The summed E-state index contributed by atoms with van der Waals surface area (Å²) in [5, 5.41) is 6.68. The number of hydrogen-bond acceptors (Lipinski definition) is 5. The van der Waals surface area contributed by atoms with Crippen LogP contribution in [0, 0.1) is 11.6 Å². The van der Waals surface area contributed by atoms with Gasteiger partial charge in [0.2, 0.25) is 0 Å². The molecule has 1 aliphatic rings. The highest BCUT2D eigenvalue weighted by atomic mass is 35.5. The Balaban J connectivity index is 1.53. The summed E-state index contributed by atoms with van der Waals surface area (Å²) in [5.41, 5.74) is 4.23. The fraction of sp³-hybridized carbons (Fsp3) is 0.261. The molecule has 9 heteroatoms. The molecular formula is C23H21ClF2N6. The minimum Gasteiger partial charge on any atom is -0.369 e. The quantitative estimate of drug-likeness (QED) is 0.450. The van der Waals surface area contributed by atoms with Crippen LogP contribution >= 0.6 is 11.6 Å². The Morgan fingerprint density at radius 3 is 2.69 bits per heavy atom. The zero-order valence-electron chi connectivity index (χ0n) is 17.6. The molecule has 1 atom stereocenters. The molecule has 0 radical (unpaired) electrons. The van der Waals surface area contributed by atoms with E-state index in [1.165, 1.54) is 6.07 Å². The van der Waals surface area contributed by atoms with Gasteiger partial charge in [0, 0.05) is 36.3 Å². The fourth-order valence-electron chi connectivity index (χ4n) is 4.12. The lowest BCUT2D eigenvalue weighted by Gasteiger charge is -2.21. The van der Waals surface area contributed by atoms with E-state index >= 15 is 0 Å². The van der Waals surface area contributed by atoms with Crippen molar-refractivity contribution in [2.75, 3.05) is 32.1 Å². The number of fused-ring (bicyclic) bond motifs is 1. The molecule has 1 fully saturated rings. The van der Waals surface area contributed by atoms with Crippen LogP contribution < -0.4 is 4.90 Å². The molecule has 0 saturated carbocycles. The minimum atomic E-state index is -0.810. The Labute approximate surface area is 188 Å². The van der Waals surface area contributed by atoms with Crippen LogP contribution in [0.15, 0.2) is 42.7 Å². The van der Waals surface area contributed by atoms with Gasteiger partial charge in [-0.15, -0.1) is 0 Å². The molecule has 0 aliphatic carbocycles. The first kappa shape index (κ1) is 20.8. The number of hydrogen-bond donors (Lipinski definition) is 1. The smallest absolute Gasteiger partial charge is 0.144 e. The number of likely N-dealkylation sites (N-methyl/N-ethyl adjacent to an activating group) is 1. The first-order chi connectivity index (χ1) is 15.4. The molecule has 1 N–H and O–H groups in total. The van der Waals surface area contributed by atoms with Crippen LogP contribution in [0.2, 0.25) is 5.02 Å². The number of halogens is 3. The highest BCUT2D eigenvalue weighted by molar-refractivity contribution is 6.31. The number of nitrogens with one attached hydrogen (secondary N) is 1. The lowest BCUT2D eigenvalue weighted by molar-refractivity contribution is 0.315. The van der Waals surface area contributed by atoms with Gasteiger partial charge in [0.25, 0.3) is 0 Å². The van der Waals surface area contributed by atoms with Crippen molar-refractivity contribution in [2.24, 2.45) is 0 Å². The lowest BCUT2D eigenvalue weighted by Crippen LogP contribution is -2.31. The van der Waals surface area contributed by atoms with E-state index in [2.05, 4.69) is 39.1 Å². The number of H-pyrrole nitrogens is 1.